The van der Waals surface area contributed by atoms with Crippen molar-refractivity contribution < 1.29 is 9.59 Å². The number of hydrogen-bond acceptors (Lipinski definition) is 5. The first-order valence-electron chi connectivity index (χ1n) is 9.97. The van der Waals surface area contributed by atoms with Crippen LogP contribution in [-0.2, 0) is 6.42 Å². The van der Waals surface area contributed by atoms with E-state index in [0.717, 1.165) is 31.5 Å². The molecule has 0 saturated carbocycles. The standard InChI is InChI=1S/C23H21ClN4O2S/c24-17-7-8-21(26-14-17)27-23(30)18-9-12-31-20(18)13-19(29)15-3-5-16(6-4-15)22(25)28-10-1-2-11-28/h3-9,12,14,25H,1-2,10-11,13H2,(H,26,27,30). The molecule has 1 amide bonds. The lowest BCUT2D eigenvalue weighted by molar-refractivity contribution is 0.0993. The Morgan fingerprint density at radius 3 is 2.45 bits per heavy atom. The molecule has 0 atom stereocenters. The van der Waals surface area contributed by atoms with E-state index in [1.54, 1.807) is 35.7 Å². The van der Waals surface area contributed by atoms with E-state index in [2.05, 4.69) is 15.2 Å². The summed E-state index contributed by atoms with van der Waals surface area (Å²) in [5.41, 5.74) is 1.84. The van der Waals surface area contributed by atoms with Crippen molar-refractivity contribution in [2.75, 3.05) is 18.4 Å². The third-order valence-electron chi connectivity index (χ3n) is 5.18. The quantitative estimate of drug-likeness (QED) is 0.316. The van der Waals surface area contributed by atoms with Gasteiger partial charge in [0.25, 0.3) is 5.91 Å². The number of ketones is 1. The van der Waals surface area contributed by atoms with Gasteiger partial charge in [0.15, 0.2) is 5.78 Å². The topological polar surface area (TPSA) is 86.1 Å². The average molecular weight is 453 g/mol. The van der Waals surface area contributed by atoms with Crippen molar-refractivity contribution in [3.63, 3.8) is 0 Å². The van der Waals surface area contributed by atoms with Crippen LogP contribution in [0.1, 0.15) is 44.0 Å². The van der Waals surface area contributed by atoms with Crippen LogP contribution in [0, 0.1) is 5.41 Å². The SMILES string of the molecule is N=C(c1ccc(C(=O)Cc2sccc2C(=O)Nc2ccc(Cl)cn2)cc1)N1CCCC1. The number of aromatic nitrogens is 1. The van der Waals surface area contributed by atoms with E-state index >= 15 is 0 Å². The number of pyridine rings is 1. The Kier molecular flexibility index (Phi) is 6.44. The lowest BCUT2D eigenvalue weighted by Gasteiger charge is -2.18. The van der Waals surface area contributed by atoms with Crippen molar-refractivity contribution >= 4 is 46.3 Å². The number of carbonyl (C=O) groups is 2. The van der Waals surface area contributed by atoms with E-state index in [1.807, 2.05) is 12.1 Å². The van der Waals surface area contributed by atoms with Gasteiger partial charge in [0.05, 0.1) is 10.6 Å². The molecule has 31 heavy (non-hydrogen) atoms. The normalized spacial score (nSPS) is 13.3. The number of hydrogen-bond donors (Lipinski definition) is 2. The number of nitrogens with one attached hydrogen (secondary N) is 2. The zero-order valence-corrected chi connectivity index (χ0v) is 18.3. The van der Waals surface area contributed by atoms with Crippen molar-refractivity contribution in [1.82, 2.24) is 9.88 Å². The minimum atomic E-state index is -0.312. The Bertz CT molecular complexity index is 1100. The predicted molar refractivity (Wildman–Crippen MR) is 124 cm³/mol. The second kappa shape index (κ2) is 9.41. The van der Waals surface area contributed by atoms with E-state index in [-0.39, 0.29) is 18.1 Å². The molecule has 8 heteroatoms. The van der Waals surface area contributed by atoms with Crippen LogP contribution in [0.3, 0.4) is 0 Å². The fraction of sp³-hybridized carbons (Fsp3) is 0.217. The summed E-state index contributed by atoms with van der Waals surface area (Å²) in [5.74, 6) is 0.520. The fourth-order valence-electron chi connectivity index (χ4n) is 3.50. The fourth-order valence-corrected chi connectivity index (χ4v) is 4.48. The molecule has 4 rings (SSSR count). The summed E-state index contributed by atoms with van der Waals surface area (Å²) in [4.78, 5) is 32.3. The zero-order chi connectivity index (χ0) is 21.8. The van der Waals surface area contributed by atoms with Crippen LogP contribution in [0.2, 0.25) is 5.02 Å². The average Bonchev–Trinajstić information content (AvgIpc) is 3.47. The Labute approximate surface area is 189 Å². The zero-order valence-electron chi connectivity index (χ0n) is 16.7. The lowest BCUT2D eigenvalue weighted by atomic mass is 10.0. The van der Waals surface area contributed by atoms with Gasteiger partial charge in [0, 0.05) is 41.7 Å². The van der Waals surface area contributed by atoms with Crippen LogP contribution in [-0.4, -0.2) is 40.5 Å². The highest BCUT2D eigenvalue weighted by molar-refractivity contribution is 7.10. The van der Waals surface area contributed by atoms with Crippen LogP contribution in [0.15, 0.2) is 54.0 Å². The van der Waals surface area contributed by atoms with E-state index in [1.165, 1.54) is 17.5 Å². The van der Waals surface area contributed by atoms with Crippen molar-refractivity contribution in [2.24, 2.45) is 0 Å². The number of nitrogens with zero attached hydrogens (tertiary/aromatic N) is 2. The second-order valence-corrected chi connectivity index (χ2v) is 8.73. The first kappa shape index (κ1) is 21.2. The second-order valence-electron chi connectivity index (χ2n) is 7.29. The van der Waals surface area contributed by atoms with Gasteiger partial charge in [0.2, 0.25) is 0 Å². The molecule has 0 radical (unpaired) electrons. The Morgan fingerprint density at radius 1 is 1.06 bits per heavy atom. The van der Waals surface area contributed by atoms with Crippen LogP contribution in [0.4, 0.5) is 5.82 Å². The Hall–Kier alpha value is -3.03. The van der Waals surface area contributed by atoms with Crippen molar-refractivity contribution in [2.45, 2.75) is 19.3 Å². The maximum atomic E-state index is 12.8. The summed E-state index contributed by atoms with van der Waals surface area (Å²) >= 11 is 7.20. The summed E-state index contributed by atoms with van der Waals surface area (Å²) in [6, 6.07) is 12.1. The number of halogens is 1. The van der Waals surface area contributed by atoms with E-state index in [0.29, 0.717) is 32.7 Å². The van der Waals surface area contributed by atoms with Gasteiger partial charge < -0.3 is 10.2 Å². The third kappa shape index (κ3) is 5.00. The van der Waals surface area contributed by atoms with Gasteiger partial charge in [-0.3, -0.25) is 15.0 Å². The smallest absolute Gasteiger partial charge is 0.257 e. The van der Waals surface area contributed by atoms with Crippen LogP contribution >= 0.6 is 22.9 Å². The number of Topliss-reactive ketones (excluding diaryl/α,β-unsaturated/α-hetero) is 1. The molecule has 0 unspecified atom stereocenters. The monoisotopic (exact) mass is 452 g/mol. The summed E-state index contributed by atoms with van der Waals surface area (Å²) in [5, 5.41) is 13.3. The van der Waals surface area contributed by atoms with Gasteiger partial charge in [-0.15, -0.1) is 11.3 Å². The van der Waals surface area contributed by atoms with Crippen molar-refractivity contribution in [1.29, 1.82) is 5.41 Å². The molecule has 1 fully saturated rings. The molecule has 0 spiro atoms. The molecule has 1 saturated heterocycles. The number of likely N-dealkylation sites (tertiary alicyclic amines) is 1. The van der Waals surface area contributed by atoms with Crippen LogP contribution < -0.4 is 5.32 Å². The van der Waals surface area contributed by atoms with E-state index in [4.69, 9.17) is 17.0 Å². The summed E-state index contributed by atoms with van der Waals surface area (Å²) in [6.45, 7) is 1.82. The molecule has 2 aromatic heterocycles. The molecular weight excluding hydrogens is 432 g/mol. The number of amides is 1. The third-order valence-corrected chi connectivity index (χ3v) is 6.33. The molecule has 1 aliphatic rings. The lowest BCUT2D eigenvalue weighted by Crippen LogP contribution is -2.27. The largest absolute Gasteiger partial charge is 0.357 e. The number of anilines is 1. The molecular formula is C23H21ClN4O2S. The van der Waals surface area contributed by atoms with Gasteiger partial charge in [-0.1, -0.05) is 35.9 Å². The summed E-state index contributed by atoms with van der Waals surface area (Å²) in [7, 11) is 0. The maximum Gasteiger partial charge on any atom is 0.257 e. The summed E-state index contributed by atoms with van der Waals surface area (Å²) in [6.07, 6.45) is 3.83. The molecule has 1 aromatic carbocycles. The highest BCUT2D eigenvalue weighted by Crippen LogP contribution is 2.22. The van der Waals surface area contributed by atoms with Gasteiger partial charge in [-0.25, -0.2) is 4.98 Å². The van der Waals surface area contributed by atoms with Gasteiger partial charge >= 0.3 is 0 Å². The number of thiophene rings is 1. The van der Waals surface area contributed by atoms with Gasteiger partial charge in [0.1, 0.15) is 11.7 Å². The van der Waals surface area contributed by atoms with Gasteiger partial charge in [-0.05, 0) is 36.4 Å². The molecule has 158 valence electrons. The Balaban J connectivity index is 1.42. The molecule has 1 aliphatic heterocycles. The Morgan fingerprint density at radius 2 is 1.77 bits per heavy atom. The van der Waals surface area contributed by atoms with Crippen molar-refractivity contribution in [3.05, 3.63) is 80.6 Å². The first-order valence-corrected chi connectivity index (χ1v) is 11.2. The highest BCUT2D eigenvalue weighted by Gasteiger charge is 2.19. The molecule has 2 N–H and O–H groups in total. The maximum absolute atomic E-state index is 12.8. The minimum absolute atomic E-state index is 0.0691. The van der Waals surface area contributed by atoms with Crippen molar-refractivity contribution in [3.8, 4) is 0 Å². The molecule has 3 aromatic rings. The van der Waals surface area contributed by atoms with Gasteiger partial charge in [-0.2, -0.15) is 0 Å². The van der Waals surface area contributed by atoms with Crippen LogP contribution in [0.25, 0.3) is 0 Å². The minimum Gasteiger partial charge on any atom is -0.357 e. The number of carbonyl (C=O) groups excluding carboxylic acids is 2. The van der Waals surface area contributed by atoms with E-state index < -0.39 is 0 Å². The number of amidine groups is 1. The number of benzene rings is 1. The van der Waals surface area contributed by atoms with E-state index in [9.17, 15) is 9.59 Å². The molecule has 0 aliphatic carbocycles. The number of rotatable bonds is 6. The highest BCUT2D eigenvalue weighted by atomic mass is 35.5. The first-order chi connectivity index (χ1) is 15.0. The molecule has 0 bridgehead atoms. The molecule has 3 heterocycles. The predicted octanol–water partition coefficient (Wildman–Crippen LogP) is 4.90. The molecule has 6 nitrogen and oxygen atoms in total. The summed E-state index contributed by atoms with van der Waals surface area (Å²) < 4.78 is 0. The van der Waals surface area contributed by atoms with Crippen LogP contribution in [0.5, 0.6) is 0 Å².